The Balaban J connectivity index is 1.68. The fourth-order valence-corrected chi connectivity index (χ4v) is 3.25. The summed E-state index contributed by atoms with van der Waals surface area (Å²) in [6, 6.07) is 5.83. The molecule has 1 aliphatic rings. The number of nitrogens with one attached hydrogen (secondary N) is 1. The van der Waals surface area contributed by atoms with Gasteiger partial charge in [0.2, 0.25) is 15.9 Å². The number of hydrogen-bond acceptors (Lipinski definition) is 5. The molecule has 0 aliphatic carbocycles. The van der Waals surface area contributed by atoms with E-state index in [1.807, 2.05) is 18.2 Å². The summed E-state index contributed by atoms with van der Waals surface area (Å²) < 4.78 is 23.6. The first-order valence-corrected chi connectivity index (χ1v) is 9.07. The first-order valence-electron chi connectivity index (χ1n) is 7.52. The standard InChI is InChI=1S/C15H19N5O3S/c1-19-6-2-3-11-7-12(4-5-14(11)19)18-15(21)10-20-9-13(8-17-20)24(16,22)23/h4-5,7-9H,2-3,6,10H2,1H3,(H,18,21)(H2,16,22,23). The fourth-order valence-electron chi connectivity index (χ4n) is 2.79. The van der Waals surface area contributed by atoms with Crippen molar-refractivity contribution in [1.29, 1.82) is 0 Å². The van der Waals surface area contributed by atoms with Crippen LogP contribution in [0.2, 0.25) is 0 Å². The highest BCUT2D eigenvalue weighted by atomic mass is 32.2. The Morgan fingerprint density at radius 1 is 1.42 bits per heavy atom. The molecule has 3 rings (SSSR count). The number of sulfonamides is 1. The first-order chi connectivity index (χ1) is 11.3. The Morgan fingerprint density at radius 2 is 2.21 bits per heavy atom. The fraction of sp³-hybridized carbons (Fsp3) is 0.333. The molecule has 1 aliphatic heterocycles. The molecular weight excluding hydrogens is 330 g/mol. The molecule has 128 valence electrons. The average Bonchev–Trinajstić information content (AvgIpc) is 2.96. The first kappa shape index (κ1) is 16.5. The number of amides is 1. The number of rotatable bonds is 4. The van der Waals surface area contributed by atoms with Crippen LogP contribution in [-0.2, 0) is 27.8 Å². The lowest BCUT2D eigenvalue weighted by Crippen LogP contribution is -2.25. The van der Waals surface area contributed by atoms with Crippen molar-refractivity contribution < 1.29 is 13.2 Å². The van der Waals surface area contributed by atoms with Crippen LogP contribution in [0.4, 0.5) is 11.4 Å². The van der Waals surface area contributed by atoms with Gasteiger partial charge in [-0.2, -0.15) is 5.10 Å². The quantitative estimate of drug-likeness (QED) is 0.837. The summed E-state index contributed by atoms with van der Waals surface area (Å²) in [7, 11) is -1.76. The topological polar surface area (TPSA) is 110 Å². The Hall–Kier alpha value is -2.39. The van der Waals surface area contributed by atoms with E-state index in [4.69, 9.17) is 5.14 Å². The lowest BCUT2D eigenvalue weighted by atomic mass is 10.0. The van der Waals surface area contributed by atoms with E-state index in [-0.39, 0.29) is 17.3 Å². The van der Waals surface area contributed by atoms with E-state index < -0.39 is 10.0 Å². The van der Waals surface area contributed by atoms with Gasteiger partial charge in [0.25, 0.3) is 0 Å². The van der Waals surface area contributed by atoms with Crippen molar-refractivity contribution in [2.45, 2.75) is 24.3 Å². The molecule has 0 saturated heterocycles. The summed E-state index contributed by atoms with van der Waals surface area (Å²) in [5.41, 5.74) is 3.11. The smallest absolute Gasteiger partial charge is 0.246 e. The maximum Gasteiger partial charge on any atom is 0.246 e. The number of nitrogens with zero attached hydrogens (tertiary/aromatic N) is 3. The highest BCUT2D eigenvalue weighted by Crippen LogP contribution is 2.28. The van der Waals surface area contributed by atoms with Crippen LogP contribution < -0.4 is 15.4 Å². The number of benzene rings is 1. The molecule has 1 aromatic carbocycles. The molecular formula is C15H19N5O3S. The maximum atomic E-state index is 12.1. The van der Waals surface area contributed by atoms with Crippen LogP contribution in [0.25, 0.3) is 0 Å². The van der Waals surface area contributed by atoms with E-state index in [1.54, 1.807) is 0 Å². The Kier molecular flexibility index (Phi) is 4.29. The second kappa shape index (κ2) is 6.25. The van der Waals surface area contributed by atoms with Gasteiger partial charge >= 0.3 is 0 Å². The molecule has 0 fully saturated rings. The molecule has 2 heterocycles. The second-order valence-electron chi connectivity index (χ2n) is 5.84. The van der Waals surface area contributed by atoms with Gasteiger partial charge < -0.3 is 10.2 Å². The van der Waals surface area contributed by atoms with Crippen LogP contribution in [0.1, 0.15) is 12.0 Å². The van der Waals surface area contributed by atoms with Gasteiger partial charge in [-0.05, 0) is 36.6 Å². The Morgan fingerprint density at radius 3 is 2.92 bits per heavy atom. The van der Waals surface area contributed by atoms with E-state index in [9.17, 15) is 13.2 Å². The highest BCUT2D eigenvalue weighted by Gasteiger charge is 2.15. The van der Waals surface area contributed by atoms with Crippen molar-refractivity contribution in [3.05, 3.63) is 36.2 Å². The third-order valence-corrected chi connectivity index (χ3v) is 4.83. The number of hydrogen-bond donors (Lipinski definition) is 2. The van der Waals surface area contributed by atoms with Crippen molar-refractivity contribution in [3.63, 3.8) is 0 Å². The van der Waals surface area contributed by atoms with Crippen molar-refractivity contribution >= 4 is 27.3 Å². The molecule has 0 unspecified atom stereocenters. The average molecular weight is 349 g/mol. The molecule has 24 heavy (non-hydrogen) atoms. The minimum Gasteiger partial charge on any atom is -0.374 e. The zero-order valence-electron chi connectivity index (χ0n) is 13.3. The number of carbonyl (C=O) groups excluding carboxylic acids is 1. The zero-order chi connectivity index (χ0) is 17.3. The van der Waals surface area contributed by atoms with E-state index in [0.717, 1.165) is 25.6 Å². The second-order valence-corrected chi connectivity index (χ2v) is 7.40. The molecule has 8 nitrogen and oxygen atoms in total. The molecule has 1 amide bonds. The van der Waals surface area contributed by atoms with Gasteiger partial charge in [-0.15, -0.1) is 0 Å². The Bertz CT molecular complexity index is 875. The zero-order valence-corrected chi connectivity index (χ0v) is 14.1. The molecule has 0 saturated carbocycles. The van der Waals surface area contributed by atoms with Crippen molar-refractivity contribution in [1.82, 2.24) is 9.78 Å². The number of fused-ring (bicyclic) bond motifs is 1. The molecule has 0 atom stereocenters. The van der Waals surface area contributed by atoms with Crippen molar-refractivity contribution in [2.75, 3.05) is 23.8 Å². The molecule has 9 heteroatoms. The van der Waals surface area contributed by atoms with Crippen LogP contribution >= 0.6 is 0 Å². The Labute approximate surface area is 140 Å². The summed E-state index contributed by atoms with van der Waals surface area (Å²) in [5, 5.41) is 11.7. The molecule has 0 bridgehead atoms. The number of aryl methyl sites for hydroxylation is 1. The largest absolute Gasteiger partial charge is 0.374 e. The predicted molar refractivity (Wildman–Crippen MR) is 90.3 cm³/mol. The van der Waals surface area contributed by atoms with Gasteiger partial charge in [0.1, 0.15) is 11.4 Å². The van der Waals surface area contributed by atoms with Gasteiger partial charge in [-0.3, -0.25) is 9.48 Å². The van der Waals surface area contributed by atoms with Crippen LogP contribution in [0.15, 0.2) is 35.5 Å². The van der Waals surface area contributed by atoms with Crippen molar-refractivity contribution in [2.24, 2.45) is 5.14 Å². The predicted octanol–water partition coefficient (Wildman–Crippen LogP) is 0.552. The van der Waals surface area contributed by atoms with Gasteiger partial charge in [0, 0.05) is 31.2 Å². The maximum absolute atomic E-state index is 12.1. The van der Waals surface area contributed by atoms with E-state index >= 15 is 0 Å². The van der Waals surface area contributed by atoms with Gasteiger partial charge in [-0.25, -0.2) is 13.6 Å². The summed E-state index contributed by atoms with van der Waals surface area (Å²) in [6.07, 6.45) is 4.43. The summed E-state index contributed by atoms with van der Waals surface area (Å²) in [6.45, 7) is 0.941. The minimum atomic E-state index is -3.81. The number of aromatic nitrogens is 2. The van der Waals surface area contributed by atoms with Crippen LogP contribution in [0.3, 0.4) is 0 Å². The summed E-state index contributed by atoms with van der Waals surface area (Å²) in [5.74, 6) is -0.289. The van der Waals surface area contributed by atoms with E-state index in [2.05, 4.69) is 22.4 Å². The number of primary sulfonamides is 1. The normalized spacial score (nSPS) is 14.3. The van der Waals surface area contributed by atoms with Gasteiger partial charge in [-0.1, -0.05) is 0 Å². The third-order valence-electron chi connectivity index (χ3n) is 3.96. The van der Waals surface area contributed by atoms with Gasteiger partial charge in [0.15, 0.2) is 0 Å². The number of nitrogens with two attached hydrogens (primary N) is 1. The minimum absolute atomic E-state index is 0.0908. The summed E-state index contributed by atoms with van der Waals surface area (Å²) in [4.78, 5) is 14.2. The van der Waals surface area contributed by atoms with Crippen LogP contribution in [-0.4, -0.2) is 37.7 Å². The lowest BCUT2D eigenvalue weighted by Gasteiger charge is -2.27. The highest BCUT2D eigenvalue weighted by molar-refractivity contribution is 7.89. The lowest BCUT2D eigenvalue weighted by molar-refractivity contribution is -0.116. The molecule has 0 radical (unpaired) electrons. The molecule has 3 N–H and O–H groups in total. The number of carbonyl (C=O) groups is 1. The van der Waals surface area contributed by atoms with E-state index in [1.165, 1.54) is 22.1 Å². The molecule has 0 spiro atoms. The monoisotopic (exact) mass is 349 g/mol. The third kappa shape index (κ3) is 3.57. The van der Waals surface area contributed by atoms with Gasteiger partial charge in [0.05, 0.1) is 6.20 Å². The molecule has 1 aromatic heterocycles. The SMILES string of the molecule is CN1CCCc2cc(NC(=O)Cn3cc(S(N)(=O)=O)cn3)ccc21. The van der Waals surface area contributed by atoms with Crippen LogP contribution in [0.5, 0.6) is 0 Å². The van der Waals surface area contributed by atoms with Crippen molar-refractivity contribution in [3.8, 4) is 0 Å². The molecule has 2 aromatic rings. The number of anilines is 2. The van der Waals surface area contributed by atoms with E-state index in [0.29, 0.717) is 5.69 Å². The summed E-state index contributed by atoms with van der Waals surface area (Å²) >= 11 is 0. The van der Waals surface area contributed by atoms with Crippen LogP contribution in [0, 0.1) is 0 Å².